The van der Waals surface area contributed by atoms with Gasteiger partial charge in [-0.05, 0) is 17.5 Å². The molecule has 0 heterocycles. The van der Waals surface area contributed by atoms with Crippen molar-refractivity contribution < 1.29 is 32.7 Å². The van der Waals surface area contributed by atoms with Gasteiger partial charge in [0.1, 0.15) is 0 Å². The van der Waals surface area contributed by atoms with Crippen LogP contribution >= 0.6 is 7.60 Å². The summed E-state index contributed by atoms with van der Waals surface area (Å²) in [5.74, 6) is -0.930. The first-order valence-electron chi connectivity index (χ1n) is 9.41. The van der Waals surface area contributed by atoms with E-state index in [0.717, 1.165) is 17.7 Å². The van der Waals surface area contributed by atoms with Gasteiger partial charge in [0.05, 0.1) is 31.7 Å². The number of ether oxygens (including phenoxy) is 2. The van der Waals surface area contributed by atoms with E-state index in [-0.39, 0.29) is 32.3 Å². The molecule has 8 heteroatoms. The van der Waals surface area contributed by atoms with Crippen LogP contribution in [0.3, 0.4) is 0 Å². The zero-order valence-corrected chi connectivity index (χ0v) is 17.9. The summed E-state index contributed by atoms with van der Waals surface area (Å²) in [6, 6.07) is 7.26. The fourth-order valence-corrected chi connectivity index (χ4v) is 4.36. The average Bonchev–Trinajstić information content (AvgIpc) is 2.72. The first kappa shape index (κ1) is 24.8. The van der Waals surface area contributed by atoms with Crippen molar-refractivity contribution in [1.29, 1.82) is 0 Å². The maximum atomic E-state index is 13.6. The zero-order chi connectivity index (χ0) is 21.7. The van der Waals surface area contributed by atoms with Gasteiger partial charge in [-0.2, -0.15) is 0 Å². The van der Waals surface area contributed by atoms with E-state index in [1.54, 1.807) is 12.1 Å². The maximum absolute atomic E-state index is 13.6. The van der Waals surface area contributed by atoms with Gasteiger partial charge in [0.25, 0.3) is 0 Å². The third-order valence-corrected chi connectivity index (χ3v) is 5.82. The Bertz CT molecular complexity index is 708. The molecule has 0 aliphatic rings. The number of hydrogen-bond donors (Lipinski definition) is 0. The molecule has 0 saturated carbocycles. The van der Waals surface area contributed by atoms with Crippen LogP contribution in [0, 0.1) is 0 Å². The largest absolute Gasteiger partial charge is 0.462 e. The molecule has 0 saturated heterocycles. The second-order valence-electron chi connectivity index (χ2n) is 6.33. The van der Waals surface area contributed by atoms with Crippen molar-refractivity contribution in [3.63, 3.8) is 0 Å². The van der Waals surface area contributed by atoms with Crippen LogP contribution < -0.4 is 5.30 Å². The molecule has 0 N–H and O–H groups in total. The van der Waals surface area contributed by atoms with Gasteiger partial charge in [0.2, 0.25) is 0 Å². The number of carbonyl (C=O) groups excluding carboxylic acids is 2. The number of carbonyl (C=O) groups is 2. The maximum Gasteiger partial charge on any atom is 0.361 e. The van der Waals surface area contributed by atoms with Crippen molar-refractivity contribution >= 4 is 24.8 Å². The van der Waals surface area contributed by atoms with Gasteiger partial charge in [0.15, 0.2) is 0 Å². The number of hydrogen-bond acceptors (Lipinski definition) is 7. The molecule has 0 aromatic heterocycles. The molecular formula is C21H29O7P. The van der Waals surface area contributed by atoms with Crippen LogP contribution in [0.2, 0.25) is 0 Å². The smallest absolute Gasteiger partial charge is 0.361 e. The van der Waals surface area contributed by atoms with Crippen LogP contribution in [0.25, 0.3) is 0 Å². The van der Waals surface area contributed by atoms with E-state index in [2.05, 4.69) is 13.2 Å². The van der Waals surface area contributed by atoms with Crippen LogP contribution in [0.1, 0.15) is 38.2 Å². The van der Waals surface area contributed by atoms with Gasteiger partial charge >= 0.3 is 19.5 Å². The Labute approximate surface area is 172 Å². The molecule has 29 heavy (non-hydrogen) atoms. The summed E-state index contributed by atoms with van der Waals surface area (Å²) in [4.78, 5) is 22.2. The van der Waals surface area contributed by atoms with E-state index in [0.29, 0.717) is 18.1 Å². The molecule has 0 atom stereocenters. The average molecular weight is 424 g/mol. The predicted octanol–water partition coefficient (Wildman–Crippen LogP) is 3.90. The number of benzene rings is 1. The molecule has 7 nitrogen and oxygen atoms in total. The molecule has 0 aliphatic heterocycles. The van der Waals surface area contributed by atoms with Crippen molar-refractivity contribution in [2.24, 2.45) is 0 Å². The highest BCUT2D eigenvalue weighted by atomic mass is 31.2. The summed E-state index contributed by atoms with van der Waals surface area (Å²) in [6.45, 7) is 11.0. The van der Waals surface area contributed by atoms with Crippen molar-refractivity contribution in [3.8, 4) is 0 Å². The molecule has 0 amide bonds. The molecule has 0 radical (unpaired) electrons. The van der Waals surface area contributed by atoms with Crippen LogP contribution in [-0.4, -0.2) is 38.4 Å². The lowest BCUT2D eigenvalue weighted by Crippen LogP contribution is -2.18. The quantitative estimate of drug-likeness (QED) is 0.194. The summed E-state index contributed by atoms with van der Waals surface area (Å²) < 4.78 is 34.7. The Morgan fingerprint density at radius 1 is 0.931 bits per heavy atom. The summed E-state index contributed by atoms with van der Waals surface area (Å²) in [5.41, 5.74) is 0.868. The fraction of sp³-hybridized carbons (Fsp3) is 0.429. The normalized spacial score (nSPS) is 11.1. The lowest BCUT2D eigenvalue weighted by molar-refractivity contribution is -0.138. The predicted molar refractivity (Wildman–Crippen MR) is 111 cm³/mol. The first-order valence-corrected chi connectivity index (χ1v) is 10.9. The Kier molecular flexibility index (Phi) is 11.2. The monoisotopic (exact) mass is 424 g/mol. The minimum Gasteiger partial charge on any atom is -0.462 e. The highest BCUT2D eigenvalue weighted by Crippen LogP contribution is 2.49. The molecule has 0 aliphatic carbocycles. The molecule has 1 rings (SSSR count). The number of rotatable bonds is 14. The van der Waals surface area contributed by atoms with Crippen molar-refractivity contribution in [3.05, 3.63) is 55.1 Å². The first-order chi connectivity index (χ1) is 13.8. The van der Waals surface area contributed by atoms with Gasteiger partial charge in [-0.15, -0.1) is 0 Å². The second-order valence-corrected chi connectivity index (χ2v) is 8.32. The minimum atomic E-state index is -3.63. The molecule has 0 fully saturated rings. The third kappa shape index (κ3) is 8.77. The second kappa shape index (κ2) is 13.1. The summed E-state index contributed by atoms with van der Waals surface area (Å²) in [5, 5.41) is 0.501. The van der Waals surface area contributed by atoms with E-state index in [1.807, 2.05) is 26.0 Å². The summed E-state index contributed by atoms with van der Waals surface area (Å²) >= 11 is 0. The molecule has 0 bridgehead atoms. The van der Waals surface area contributed by atoms with E-state index in [4.69, 9.17) is 18.5 Å². The Balaban J connectivity index is 2.78. The highest BCUT2D eigenvalue weighted by molar-refractivity contribution is 7.62. The van der Waals surface area contributed by atoms with Gasteiger partial charge in [-0.3, -0.25) is 4.57 Å². The molecule has 0 spiro atoms. The molecular weight excluding hydrogens is 395 g/mol. The number of esters is 2. The highest BCUT2D eigenvalue weighted by Gasteiger charge is 2.30. The Morgan fingerprint density at radius 3 is 1.86 bits per heavy atom. The van der Waals surface area contributed by atoms with Crippen molar-refractivity contribution in [2.75, 3.05) is 26.4 Å². The summed E-state index contributed by atoms with van der Waals surface area (Å²) in [7, 11) is -3.63. The fourth-order valence-electron chi connectivity index (χ4n) is 2.35. The Hall–Kier alpha value is -2.21. The third-order valence-electron chi connectivity index (χ3n) is 3.78. The van der Waals surface area contributed by atoms with E-state index < -0.39 is 19.5 Å². The minimum absolute atomic E-state index is 0.0829. The Morgan fingerprint density at radius 2 is 1.41 bits per heavy atom. The van der Waals surface area contributed by atoms with Crippen LogP contribution in [-0.2, 0) is 32.7 Å². The lowest BCUT2D eigenvalue weighted by atomic mass is 10.0. The molecule has 0 unspecified atom stereocenters. The molecule has 1 aromatic rings. The van der Waals surface area contributed by atoms with Gasteiger partial charge in [-0.1, -0.05) is 45.2 Å². The summed E-state index contributed by atoms with van der Waals surface area (Å²) in [6.07, 6.45) is 2.86. The molecule has 160 valence electrons. The van der Waals surface area contributed by atoms with Gasteiger partial charge < -0.3 is 18.5 Å². The zero-order valence-electron chi connectivity index (χ0n) is 17.0. The topological polar surface area (TPSA) is 88.1 Å². The van der Waals surface area contributed by atoms with E-state index in [1.165, 1.54) is 0 Å². The lowest BCUT2D eigenvalue weighted by Gasteiger charge is -2.22. The van der Waals surface area contributed by atoms with Crippen LogP contribution in [0.5, 0.6) is 0 Å². The van der Waals surface area contributed by atoms with Crippen LogP contribution in [0.15, 0.2) is 49.6 Å². The van der Waals surface area contributed by atoms with Crippen LogP contribution in [0.4, 0.5) is 0 Å². The standard InChI is InChI=1S/C21H29O7P/c1-5-20(22)25-13-9-15-27-29(24,28-16-10-14-26-21(23)6-2)19-12-8-7-11-18(19)17(3)4/h5-8,11-12,17H,1-2,9-10,13-16H2,3-4H3. The SMILES string of the molecule is C=CC(=O)OCCCOP(=O)(OCCCOC(=O)C=C)c1ccccc1C(C)C. The molecule has 1 aromatic carbocycles. The van der Waals surface area contributed by atoms with Gasteiger partial charge in [-0.25, -0.2) is 9.59 Å². The van der Waals surface area contributed by atoms with Gasteiger partial charge in [0, 0.05) is 25.0 Å². The van der Waals surface area contributed by atoms with Crippen molar-refractivity contribution in [1.82, 2.24) is 0 Å². The van der Waals surface area contributed by atoms with E-state index in [9.17, 15) is 14.2 Å². The van der Waals surface area contributed by atoms with E-state index >= 15 is 0 Å². The van der Waals surface area contributed by atoms with Crippen molar-refractivity contribution in [2.45, 2.75) is 32.6 Å².